The molecule has 0 spiro atoms. The summed E-state index contributed by atoms with van der Waals surface area (Å²) in [5, 5.41) is 0.527. The van der Waals surface area contributed by atoms with Gasteiger partial charge in [0.1, 0.15) is 0 Å². The molecule has 2 saturated heterocycles. The number of carbonyl (C=O) groups is 1. The lowest BCUT2D eigenvalue weighted by Crippen LogP contribution is -2.52. The van der Waals surface area contributed by atoms with E-state index < -0.39 is 10.0 Å². The standard InChI is InChI=1S/C18H26ClN3O3S/c1-20-8-10-21(11-9-20)18(23)16-5-3-7-22(13-16)26(24,25)14-15-4-2-6-17(19)12-15/h2,4,6,12,16H,3,5,7-11,13-14H2,1H3/t16-/m0/s1. The number of benzene rings is 1. The lowest BCUT2D eigenvalue weighted by atomic mass is 9.98. The number of nitrogens with zero attached hydrogens (tertiary/aromatic N) is 3. The van der Waals surface area contributed by atoms with Gasteiger partial charge in [0, 0.05) is 44.3 Å². The first kappa shape index (κ1) is 19.6. The van der Waals surface area contributed by atoms with E-state index >= 15 is 0 Å². The molecule has 0 saturated carbocycles. The number of hydrogen-bond donors (Lipinski definition) is 0. The van der Waals surface area contributed by atoms with Crippen LogP contribution in [0.3, 0.4) is 0 Å². The molecule has 0 N–H and O–H groups in total. The fourth-order valence-corrected chi connectivity index (χ4v) is 5.42. The van der Waals surface area contributed by atoms with Gasteiger partial charge in [0.2, 0.25) is 15.9 Å². The van der Waals surface area contributed by atoms with Crippen LogP contribution in [0, 0.1) is 5.92 Å². The highest BCUT2D eigenvalue weighted by Gasteiger charge is 2.34. The first-order valence-corrected chi connectivity index (χ1v) is 11.0. The number of piperidine rings is 1. The van der Waals surface area contributed by atoms with Crippen LogP contribution in [0.2, 0.25) is 5.02 Å². The minimum Gasteiger partial charge on any atom is -0.340 e. The Balaban J connectivity index is 1.64. The summed E-state index contributed by atoms with van der Waals surface area (Å²) >= 11 is 5.96. The summed E-state index contributed by atoms with van der Waals surface area (Å²) in [6, 6.07) is 6.92. The van der Waals surface area contributed by atoms with Crippen molar-refractivity contribution in [1.82, 2.24) is 14.1 Å². The van der Waals surface area contributed by atoms with Crippen LogP contribution < -0.4 is 0 Å². The molecule has 0 aromatic heterocycles. The second-order valence-electron chi connectivity index (χ2n) is 7.21. The third-order valence-electron chi connectivity index (χ3n) is 5.18. The van der Waals surface area contributed by atoms with Gasteiger partial charge < -0.3 is 9.80 Å². The maximum absolute atomic E-state index is 12.8. The Kier molecular flexibility index (Phi) is 6.22. The molecule has 2 aliphatic heterocycles. The van der Waals surface area contributed by atoms with E-state index in [-0.39, 0.29) is 24.1 Å². The van der Waals surface area contributed by atoms with Crippen molar-refractivity contribution in [2.24, 2.45) is 5.92 Å². The quantitative estimate of drug-likeness (QED) is 0.772. The topological polar surface area (TPSA) is 60.9 Å². The molecule has 2 aliphatic rings. The van der Waals surface area contributed by atoms with Gasteiger partial charge in [0.05, 0.1) is 11.7 Å². The molecule has 1 aromatic carbocycles. The monoisotopic (exact) mass is 399 g/mol. The smallest absolute Gasteiger partial charge is 0.227 e. The molecule has 26 heavy (non-hydrogen) atoms. The number of likely N-dealkylation sites (N-methyl/N-ethyl adjacent to an activating group) is 1. The SMILES string of the molecule is CN1CCN(C(=O)[C@H]2CCCN(S(=O)(=O)Cc3cccc(Cl)c3)C2)CC1. The molecule has 0 bridgehead atoms. The van der Waals surface area contributed by atoms with Crippen molar-refractivity contribution in [3.8, 4) is 0 Å². The molecule has 1 atom stereocenters. The van der Waals surface area contributed by atoms with E-state index in [9.17, 15) is 13.2 Å². The molecule has 1 amide bonds. The number of rotatable bonds is 4. The third-order valence-corrected chi connectivity index (χ3v) is 7.23. The van der Waals surface area contributed by atoms with E-state index in [1.54, 1.807) is 24.3 Å². The Hall–Kier alpha value is -1.15. The Morgan fingerprint density at radius 2 is 1.92 bits per heavy atom. The minimum absolute atomic E-state index is 0.0804. The van der Waals surface area contributed by atoms with Crippen LogP contribution in [-0.2, 0) is 20.6 Å². The van der Waals surface area contributed by atoms with Gasteiger partial charge >= 0.3 is 0 Å². The second-order valence-corrected chi connectivity index (χ2v) is 9.62. The molecule has 1 aromatic rings. The number of halogens is 1. The molecule has 8 heteroatoms. The van der Waals surface area contributed by atoms with Crippen molar-refractivity contribution in [3.63, 3.8) is 0 Å². The zero-order valence-electron chi connectivity index (χ0n) is 15.1. The zero-order valence-corrected chi connectivity index (χ0v) is 16.7. The predicted octanol–water partition coefficient (Wildman–Crippen LogP) is 1.66. The molecular weight excluding hydrogens is 374 g/mol. The summed E-state index contributed by atoms with van der Waals surface area (Å²) in [5.41, 5.74) is 0.671. The van der Waals surface area contributed by atoms with Crippen LogP contribution in [0.4, 0.5) is 0 Å². The highest BCUT2D eigenvalue weighted by molar-refractivity contribution is 7.88. The lowest BCUT2D eigenvalue weighted by molar-refractivity contribution is -0.138. The van der Waals surface area contributed by atoms with Crippen molar-refractivity contribution in [2.45, 2.75) is 18.6 Å². The summed E-state index contributed by atoms with van der Waals surface area (Å²) in [6.07, 6.45) is 1.48. The Labute approximate surface area is 160 Å². The van der Waals surface area contributed by atoms with E-state index in [0.717, 1.165) is 39.0 Å². The van der Waals surface area contributed by atoms with E-state index in [2.05, 4.69) is 4.90 Å². The van der Waals surface area contributed by atoms with Gasteiger partial charge in [-0.1, -0.05) is 23.7 Å². The number of amides is 1. The van der Waals surface area contributed by atoms with Gasteiger partial charge in [0.15, 0.2) is 0 Å². The highest BCUT2D eigenvalue weighted by atomic mass is 35.5. The van der Waals surface area contributed by atoms with Crippen LogP contribution in [0.1, 0.15) is 18.4 Å². The molecule has 3 rings (SSSR count). The average Bonchev–Trinajstić information content (AvgIpc) is 2.61. The first-order valence-electron chi connectivity index (χ1n) is 9.05. The van der Waals surface area contributed by atoms with E-state index in [1.165, 1.54) is 4.31 Å². The van der Waals surface area contributed by atoms with Crippen molar-refractivity contribution in [1.29, 1.82) is 0 Å². The maximum atomic E-state index is 12.8. The third kappa shape index (κ3) is 4.76. The molecule has 6 nitrogen and oxygen atoms in total. The van der Waals surface area contributed by atoms with E-state index in [1.807, 2.05) is 11.9 Å². The van der Waals surface area contributed by atoms with E-state index in [4.69, 9.17) is 11.6 Å². The fourth-order valence-electron chi connectivity index (χ4n) is 3.61. The van der Waals surface area contributed by atoms with Crippen molar-refractivity contribution >= 4 is 27.5 Å². The molecule has 0 unspecified atom stereocenters. The Bertz CT molecular complexity index is 748. The second kappa shape index (κ2) is 8.25. The summed E-state index contributed by atoms with van der Waals surface area (Å²) in [5.74, 6) is -0.217. The summed E-state index contributed by atoms with van der Waals surface area (Å²) in [7, 11) is -1.42. The zero-order chi connectivity index (χ0) is 18.7. The van der Waals surface area contributed by atoms with Crippen molar-refractivity contribution in [2.75, 3.05) is 46.3 Å². The number of carbonyl (C=O) groups excluding carboxylic acids is 1. The molecule has 2 heterocycles. The van der Waals surface area contributed by atoms with Crippen LogP contribution in [0.15, 0.2) is 24.3 Å². The van der Waals surface area contributed by atoms with Gasteiger partial charge in [-0.05, 0) is 37.6 Å². The van der Waals surface area contributed by atoms with E-state index in [0.29, 0.717) is 17.1 Å². The van der Waals surface area contributed by atoms with Gasteiger partial charge in [0.25, 0.3) is 0 Å². The van der Waals surface area contributed by atoms with Gasteiger partial charge in [-0.15, -0.1) is 0 Å². The van der Waals surface area contributed by atoms with Crippen LogP contribution in [0.5, 0.6) is 0 Å². The number of hydrogen-bond acceptors (Lipinski definition) is 4. The summed E-state index contributed by atoms with van der Waals surface area (Å²) in [4.78, 5) is 16.9. The van der Waals surface area contributed by atoms with Crippen LogP contribution in [-0.4, -0.2) is 74.7 Å². The Morgan fingerprint density at radius 3 is 2.62 bits per heavy atom. The normalized spacial score (nSPS) is 23.2. The maximum Gasteiger partial charge on any atom is 0.227 e. The van der Waals surface area contributed by atoms with Crippen LogP contribution in [0.25, 0.3) is 0 Å². The average molecular weight is 400 g/mol. The molecule has 144 valence electrons. The molecule has 0 aliphatic carbocycles. The summed E-state index contributed by atoms with van der Waals surface area (Å²) < 4.78 is 27.1. The Morgan fingerprint density at radius 1 is 1.19 bits per heavy atom. The molecular formula is C18H26ClN3O3S. The van der Waals surface area contributed by atoms with Gasteiger partial charge in [-0.2, -0.15) is 0 Å². The summed E-state index contributed by atoms with van der Waals surface area (Å²) in [6.45, 7) is 3.95. The highest BCUT2D eigenvalue weighted by Crippen LogP contribution is 2.24. The predicted molar refractivity (Wildman–Crippen MR) is 102 cm³/mol. The molecule has 0 radical (unpaired) electrons. The first-order chi connectivity index (χ1) is 12.3. The van der Waals surface area contributed by atoms with Crippen molar-refractivity contribution < 1.29 is 13.2 Å². The number of sulfonamides is 1. The van der Waals surface area contributed by atoms with Gasteiger partial charge in [-0.25, -0.2) is 12.7 Å². The minimum atomic E-state index is -3.46. The fraction of sp³-hybridized carbons (Fsp3) is 0.611. The van der Waals surface area contributed by atoms with Crippen LogP contribution >= 0.6 is 11.6 Å². The largest absolute Gasteiger partial charge is 0.340 e. The van der Waals surface area contributed by atoms with Crippen molar-refractivity contribution in [3.05, 3.63) is 34.9 Å². The molecule has 2 fully saturated rings. The number of piperazine rings is 1. The van der Waals surface area contributed by atoms with Gasteiger partial charge in [-0.3, -0.25) is 4.79 Å². The lowest BCUT2D eigenvalue weighted by Gasteiger charge is -2.37.